The fourth-order valence-electron chi connectivity index (χ4n) is 10.6. The molecular formula is C60H65F4N9O9. The van der Waals surface area contributed by atoms with Crippen LogP contribution in [0.2, 0.25) is 0 Å². The van der Waals surface area contributed by atoms with E-state index in [4.69, 9.17) is 27.1 Å². The van der Waals surface area contributed by atoms with Gasteiger partial charge in [-0.25, -0.2) is 17.6 Å². The van der Waals surface area contributed by atoms with Gasteiger partial charge in [-0.3, -0.25) is 28.8 Å². The van der Waals surface area contributed by atoms with E-state index < -0.39 is 57.5 Å². The second-order valence-corrected chi connectivity index (χ2v) is 21.0. The lowest BCUT2D eigenvalue weighted by molar-refractivity contribution is -0.0134. The molecule has 22 heteroatoms. The number of Topliss-reactive ketones (excluding diaryl/α,β-unsaturated/α-hetero) is 1. The molecule has 5 N–H and O–H groups in total. The van der Waals surface area contributed by atoms with E-state index in [1.54, 1.807) is 28.3 Å². The maximum absolute atomic E-state index is 15.2. The van der Waals surface area contributed by atoms with Crippen LogP contribution in [0.15, 0.2) is 44.7 Å². The number of ketones is 1. The number of benzene rings is 3. The number of amides is 2. The first-order chi connectivity index (χ1) is 38.9. The van der Waals surface area contributed by atoms with Gasteiger partial charge in [0.25, 0.3) is 28.5 Å². The first-order valence-electron chi connectivity index (χ1n) is 26.5. The van der Waals surface area contributed by atoms with Crippen molar-refractivity contribution in [3.63, 3.8) is 0 Å². The highest BCUT2D eigenvalue weighted by Gasteiger charge is 2.36. The van der Waals surface area contributed by atoms with E-state index in [0.29, 0.717) is 87.2 Å². The van der Waals surface area contributed by atoms with Gasteiger partial charge in [0.05, 0.1) is 72.5 Å². The number of anilines is 3. The molecule has 0 aliphatic carbocycles. The molecule has 3 aliphatic rings. The number of ether oxygens (including phenoxy) is 3. The molecule has 0 atom stereocenters. The Bertz CT molecular complexity index is 3800. The minimum atomic E-state index is -1.26. The van der Waals surface area contributed by atoms with E-state index in [9.17, 15) is 47.2 Å². The van der Waals surface area contributed by atoms with Gasteiger partial charge < -0.3 is 54.5 Å². The maximum Gasteiger partial charge on any atom is 0.268 e. The highest BCUT2D eigenvalue weighted by Crippen LogP contribution is 2.39. The lowest BCUT2D eigenvalue weighted by Crippen LogP contribution is -2.44. The summed E-state index contributed by atoms with van der Waals surface area (Å²) in [7, 11) is 7.82. The molecule has 3 aliphatic heterocycles. The standard InChI is InChI=1S/C21H22F2N2O3.C20H22FN3O3.C19H21FN4O3/c1-5-12-19(25-9-7-21(3,28-4)8-10-25)14-11-13(15(26)6-2)16(22)17(23)18(14)24-20(12)27;1-5-12-17(24-8-6-20(2,27-4)7-9-24)14-10-13(18(25)22-3)15(21)11-16(14)23-19(12)26;1-19(27-3)6-8-24(9-7-19)16-12(10-21)18(26)23-13-5-4-11(17(25)22-2)15(20)14(13)16/h1,11H,6-10H2,2-4H3,(H,24,27);1,10-11H,6-9H2,2-4H3,(H,22,25)(H,23,26);4-5H,6-9H2,1-3H3,(H,22,25)(H,23,26). The Morgan fingerprint density at radius 3 is 1.48 bits per heavy atom. The number of carbonyl (C=O) groups is 3. The van der Waals surface area contributed by atoms with Crippen LogP contribution in [0, 0.1) is 59.3 Å². The van der Waals surface area contributed by atoms with Crippen LogP contribution in [0.25, 0.3) is 32.7 Å². The number of aromatic nitrogens is 3. The molecule has 432 valence electrons. The molecule has 3 aromatic carbocycles. The van der Waals surface area contributed by atoms with E-state index in [-0.39, 0.29) is 84.1 Å². The van der Waals surface area contributed by atoms with E-state index in [0.717, 1.165) is 18.9 Å². The van der Waals surface area contributed by atoms with Gasteiger partial charge in [-0.15, -0.1) is 12.8 Å². The van der Waals surface area contributed by atoms with Crippen LogP contribution in [-0.2, 0) is 14.2 Å². The van der Waals surface area contributed by atoms with Crippen molar-refractivity contribution in [3.05, 3.63) is 118 Å². The average molecular weight is 1130 g/mol. The number of terminal acetylenes is 2. The molecule has 9 rings (SSSR count). The largest absolute Gasteiger partial charge is 0.378 e. The van der Waals surface area contributed by atoms with Gasteiger partial charge in [-0.05, 0) is 89.6 Å². The van der Waals surface area contributed by atoms with E-state index in [1.165, 1.54) is 38.4 Å². The fourth-order valence-corrected chi connectivity index (χ4v) is 10.6. The van der Waals surface area contributed by atoms with Crippen molar-refractivity contribution >= 4 is 67.4 Å². The number of methoxy groups -OCH3 is 3. The zero-order chi connectivity index (χ0) is 60.2. The Morgan fingerprint density at radius 2 is 1.02 bits per heavy atom. The molecule has 0 unspecified atom stereocenters. The number of aromatic amines is 3. The van der Waals surface area contributed by atoms with Gasteiger partial charge in [-0.2, -0.15) is 5.26 Å². The third kappa shape index (κ3) is 11.8. The van der Waals surface area contributed by atoms with Crippen LogP contribution >= 0.6 is 0 Å². The normalized spacial score (nSPS) is 16.2. The molecule has 0 bridgehead atoms. The quantitative estimate of drug-likeness (QED) is 0.0515. The van der Waals surface area contributed by atoms with E-state index in [1.807, 2.05) is 41.5 Å². The summed E-state index contributed by atoms with van der Waals surface area (Å²) in [5.41, 5.74) is -1.65. The Balaban J connectivity index is 0.000000177. The average Bonchev–Trinajstić information content (AvgIpc) is 1.85. The number of hydrogen-bond donors (Lipinski definition) is 5. The molecule has 82 heavy (non-hydrogen) atoms. The lowest BCUT2D eigenvalue weighted by Gasteiger charge is -2.40. The number of H-pyrrole nitrogens is 3. The van der Waals surface area contributed by atoms with Gasteiger partial charge in [0, 0.05) is 91.9 Å². The smallest absolute Gasteiger partial charge is 0.268 e. The van der Waals surface area contributed by atoms with Crippen LogP contribution in [0.5, 0.6) is 0 Å². The number of hydrogen-bond acceptors (Lipinski definition) is 13. The van der Waals surface area contributed by atoms with Crippen LogP contribution in [0.1, 0.15) is 120 Å². The number of halogens is 4. The predicted octanol–water partition coefficient (Wildman–Crippen LogP) is 7.30. The fraction of sp³-hybridized carbons (Fsp3) is 0.417. The van der Waals surface area contributed by atoms with Crippen LogP contribution in [-0.4, -0.2) is 124 Å². The summed E-state index contributed by atoms with van der Waals surface area (Å²) < 4.78 is 75.4. The molecule has 3 saturated heterocycles. The molecule has 0 radical (unpaired) electrons. The highest BCUT2D eigenvalue weighted by molar-refractivity contribution is 6.05. The van der Waals surface area contributed by atoms with Crippen molar-refractivity contribution in [3.8, 4) is 30.8 Å². The summed E-state index contributed by atoms with van der Waals surface area (Å²) in [6.07, 6.45) is 15.4. The topological polar surface area (TPSA) is 235 Å². The summed E-state index contributed by atoms with van der Waals surface area (Å²) in [4.78, 5) is 86.6. The van der Waals surface area contributed by atoms with Crippen molar-refractivity contribution in [2.24, 2.45) is 0 Å². The van der Waals surface area contributed by atoms with Crippen LogP contribution in [0.3, 0.4) is 0 Å². The van der Waals surface area contributed by atoms with Crippen molar-refractivity contribution in [1.82, 2.24) is 25.6 Å². The summed E-state index contributed by atoms with van der Waals surface area (Å²) in [6.45, 7) is 10.9. The number of nitrogens with zero attached hydrogens (tertiary/aromatic N) is 4. The number of piperidine rings is 3. The van der Waals surface area contributed by atoms with Gasteiger partial charge in [-0.1, -0.05) is 18.8 Å². The van der Waals surface area contributed by atoms with Gasteiger partial charge in [0.1, 0.15) is 34.4 Å². The molecule has 2 amide bonds. The van der Waals surface area contributed by atoms with Crippen molar-refractivity contribution in [1.29, 1.82) is 5.26 Å². The van der Waals surface area contributed by atoms with Crippen molar-refractivity contribution < 1.29 is 46.2 Å². The molecule has 18 nitrogen and oxygen atoms in total. The molecule has 6 aromatic rings. The van der Waals surface area contributed by atoms with Gasteiger partial charge >= 0.3 is 0 Å². The third-order valence-electron chi connectivity index (χ3n) is 16.2. The summed E-state index contributed by atoms with van der Waals surface area (Å²) in [5.74, 6) is -0.799. The van der Waals surface area contributed by atoms with Crippen LogP contribution < -0.4 is 42.0 Å². The number of carbonyl (C=O) groups excluding carboxylic acids is 3. The van der Waals surface area contributed by atoms with E-state index in [2.05, 4.69) is 37.4 Å². The minimum absolute atomic E-state index is 0.0262. The number of rotatable bonds is 10. The zero-order valence-corrected chi connectivity index (χ0v) is 47.2. The second-order valence-electron chi connectivity index (χ2n) is 21.0. The SMILES string of the molecule is C#Cc1c(N2CCC(C)(OC)CC2)c2cc(C(=O)CC)c(F)c(F)c2[nH]c1=O.C#Cc1c(N2CCC(C)(OC)CC2)c2cc(C(=O)NC)c(F)cc2[nH]c1=O.CNC(=O)c1ccc2[nH]c(=O)c(C#N)c(N3CCC(C)(OC)CC3)c2c1F. The lowest BCUT2D eigenvalue weighted by atomic mass is 9.92. The maximum atomic E-state index is 15.2. The van der Waals surface area contributed by atoms with Crippen LogP contribution in [0.4, 0.5) is 34.6 Å². The molecule has 3 aromatic heterocycles. The Labute approximate surface area is 470 Å². The van der Waals surface area contributed by atoms with Gasteiger partial charge in [0.2, 0.25) is 0 Å². The van der Waals surface area contributed by atoms with Gasteiger partial charge in [0.15, 0.2) is 17.4 Å². The monoisotopic (exact) mass is 1130 g/mol. The van der Waals surface area contributed by atoms with E-state index >= 15 is 4.39 Å². The minimum Gasteiger partial charge on any atom is -0.378 e. The first-order valence-corrected chi connectivity index (χ1v) is 26.5. The molecule has 0 spiro atoms. The summed E-state index contributed by atoms with van der Waals surface area (Å²) in [6, 6.07) is 8.59. The zero-order valence-electron chi connectivity index (χ0n) is 47.2. The number of pyridine rings is 3. The molecule has 3 fully saturated rings. The second kappa shape index (κ2) is 24.7. The third-order valence-corrected chi connectivity index (χ3v) is 16.2. The summed E-state index contributed by atoms with van der Waals surface area (Å²) in [5, 5.41) is 15.2. The first kappa shape index (κ1) is 61.1. The summed E-state index contributed by atoms with van der Waals surface area (Å²) >= 11 is 0. The number of nitrogens with one attached hydrogen (secondary N) is 5. The number of nitriles is 1. The Hall–Kier alpha value is -8.49. The predicted molar refractivity (Wildman–Crippen MR) is 306 cm³/mol. The molecular weight excluding hydrogens is 1070 g/mol. The Kier molecular flexibility index (Phi) is 18.4. The molecule has 6 heterocycles. The molecule has 0 saturated carbocycles. The van der Waals surface area contributed by atoms with Crippen molar-refractivity contribution in [2.75, 3.05) is 89.4 Å². The van der Waals surface area contributed by atoms with Crippen molar-refractivity contribution in [2.45, 2.75) is 89.4 Å². The highest BCUT2D eigenvalue weighted by atomic mass is 19.2. The Morgan fingerprint density at radius 1 is 0.598 bits per heavy atom. The number of fused-ring (bicyclic) bond motifs is 3.